The largest absolute Gasteiger partial charge is 0.489 e. The zero-order chi connectivity index (χ0) is 17.5. The van der Waals surface area contributed by atoms with Gasteiger partial charge < -0.3 is 10.1 Å². The second kappa shape index (κ2) is 7.92. The Hall–Kier alpha value is -3.15. The van der Waals surface area contributed by atoms with E-state index in [1.807, 2.05) is 26.0 Å². The van der Waals surface area contributed by atoms with Gasteiger partial charge in [-0.3, -0.25) is 14.9 Å². The molecule has 0 aliphatic carbocycles. The lowest BCUT2D eigenvalue weighted by Gasteiger charge is -2.14. The summed E-state index contributed by atoms with van der Waals surface area (Å²) in [6, 6.07) is 13.1. The molecule has 0 aliphatic heterocycles. The average molecular weight is 326 g/mol. The number of non-ortho nitro benzene ring substituents is 1. The van der Waals surface area contributed by atoms with Gasteiger partial charge in [0.1, 0.15) is 5.75 Å². The van der Waals surface area contributed by atoms with Crippen molar-refractivity contribution in [1.82, 2.24) is 0 Å². The molecule has 0 fully saturated rings. The van der Waals surface area contributed by atoms with E-state index >= 15 is 0 Å². The molecular formula is C18H18N2O4. The van der Waals surface area contributed by atoms with E-state index in [1.165, 1.54) is 18.2 Å². The highest BCUT2D eigenvalue weighted by atomic mass is 16.6. The Balaban J connectivity index is 2.04. The highest BCUT2D eigenvalue weighted by Crippen LogP contribution is 2.24. The standard InChI is InChI=1S/C18H18N2O4/c1-13(2)24-17-6-4-3-5-16(17)19-18(21)12-9-14-7-10-15(11-8-14)20(22)23/h3-13H,1-2H3,(H,19,21)/b12-9+. The van der Waals surface area contributed by atoms with Crippen LogP contribution >= 0.6 is 0 Å². The summed E-state index contributed by atoms with van der Waals surface area (Å²) in [4.78, 5) is 22.2. The van der Waals surface area contributed by atoms with E-state index in [9.17, 15) is 14.9 Å². The fourth-order valence-corrected chi connectivity index (χ4v) is 1.98. The van der Waals surface area contributed by atoms with Gasteiger partial charge in [0.2, 0.25) is 5.91 Å². The van der Waals surface area contributed by atoms with Gasteiger partial charge in [-0.1, -0.05) is 12.1 Å². The number of rotatable bonds is 6. The number of amides is 1. The van der Waals surface area contributed by atoms with Crippen molar-refractivity contribution in [3.8, 4) is 5.75 Å². The highest BCUT2D eigenvalue weighted by molar-refractivity contribution is 6.02. The number of carbonyl (C=O) groups excluding carboxylic acids is 1. The van der Waals surface area contributed by atoms with Crippen molar-refractivity contribution in [2.75, 3.05) is 5.32 Å². The summed E-state index contributed by atoms with van der Waals surface area (Å²) in [6.45, 7) is 3.82. The third-order valence-corrected chi connectivity index (χ3v) is 3.04. The number of nitrogens with one attached hydrogen (secondary N) is 1. The third kappa shape index (κ3) is 4.95. The first-order chi connectivity index (χ1) is 11.5. The molecule has 0 unspecified atom stereocenters. The lowest BCUT2D eigenvalue weighted by atomic mass is 10.2. The molecule has 6 nitrogen and oxygen atoms in total. The van der Waals surface area contributed by atoms with E-state index < -0.39 is 4.92 Å². The van der Waals surface area contributed by atoms with Gasteiger partial charge in [0.05, 0.1) is 16.7 Å². The zero-order valence-electron chi connectivity index (χ0n) is 13.4. The minimum absolute atomic E-state index is 0.00120. The Morgan fingerprint density at radius 2 is 1.83 bits per heavy atom. The van der Waals surface area contributed by atoms with Gasteiger partial charge in [-0.25, -0.2) is 0 Å². The molecule has 0 heterocycles. The predicted molar refractivity (Wildman–Crippen MR) is 93.0 cm³/mol. The normalized spacial score (nSPS) is 10.8. The molecule has 0 aliphatic rings. The number of para-hydroxylation sites is 2. The van der Waals surface area contributed by atoms with Crippen molar-refractivity contribution in [1.29, 1.82) is 0 Å². The number of hydrogen-bond acceptors (Lipinski definition) is 4. The third-order valence-electron chi connectivity index (χ3n) is 3.04. The monoisotopic (exact) mass is 326 g/mol. The lowest BCUT2D eigenvalue weighted by Crippen LogP contribution is -2.12. The number of nitrogens with zero attached hydrogens (tertiary/aromatic N) is 1. The molecule has 0 spiro atoms. The molecule has 0 saturated carbocycles. The summed E-state index contributed by atoms with van der Waals surface area (Å²) in [7, 11) is 0. The molecule has 2 aromatic rings. The molecule has 2 rings (SSSR count). The molecule has 6 heteroatoms. The number of carbonyl (C=O) groups is 1. The molecule has 2 aromatic carbocycles. The van der Waals surface area contributed by atoms with Crippen LogP contribution in [0.15, 0.2) is 54.6 Å². The van der Waals surface area contributed by atoms with E-state index in [0.29, 0.717) is 17.0 Å². The van der Waals surface area contributed by atoms with E-state index in [2.05, 4.69) is 5.32 Å². The second-order valence-corrected chi connectivity index (χ2v) is 5.33. The molecule has 1 amide bonds. The highest BCUT2D eigenvalue weighted by Gasteiger charge is 2.07. The SMILES string of the molecule is CC(C)Oc1ccccc1NC(=O)/C=C/c1ccc([N+](=O)[O-])cc1. The number of nitro benzene ring substituents is 1. The Morgan fingerprint density at radius 3 is 2.46 bits per heavy atom. The Labute approximate surface area is 139 Å². The van der Waals surface area contributed by atoms with Crippen LogP contribution in [-0.2, 0) is 4.79 Å². The first-order valence-corrected chi connectivity index (χ1v) is 7.45. The average Bonchev–Trinajstić information content (AvgIpc) is 2.54. The molecule has 0 radical (unpaired) electrons. The second-order valence-electron chi connectivity index (χ2n) is 5.33. The van der Waals surface area contributed by atoms with E-state index in [0.717, 1.165) is 0 Å². The molecule has 124 valence electrons. The topological polar surface area (TPSA) is 81.5 Å². The smallest absolute Gasteiger partial charge is 0.269 e. The number of anilines is 1. The number of nitro groups is 1. The van der Waals surface area contributed by atoms with Crippen LogP contribution in [0.3, 0.4) is 0 Å². The van der Waals surface area contributed by atoms with Crippen molar-refractivity contribution in [3.05, 3.63) is 70.3 Å². The fraction of sp³-hybridized carbons (Fsp3) is 0.167. The Bertz CT molecular complexity index is 752. The Morgan fingerprint density at radius 1 is 1.17 bits per heavy atom. The first-order valence-electron chi connectivity index (χ1n) is 7.45. The van der Waals surface area contributed by atoms with Gasteiger partial charge in [-0.2, -0.15) is 0 Å². The molecule has 24 heavy (non-hydrogen) atoms. The van der Waals surface area contributed by atoms with Crippen molar-refractivity contribution in [3.63, 3.8) is 0 Å². The van der Waals surface area contributed by atoms with Crippen LogP contribution in [0.1, 0.15) is 19.4 Å². The summed E-state index contributed by atoms with van der Waals surface area (Å²) in [5.74, 6) is 0.290. The van der Waals surface area contributed by atoms with Crippen LogP contribution in [0.4, 0.5) is 11.4 Å². The minimum Gasteiger partial charge on any atom is -0.489 e. The predicted octanol–water partition coefficient (Wildman–Crippen LogP) is 4.03. The minimum atomic E-state index is -0.466. The summed E-state index contributed by atoms with van der Waals surface area (Å²) in [5, 5.41) is 13.4. The molecule has 0 atom stereocenters. The molecule has 0 bridgehead atoms. The van der Waals surface area contributed by atoms with Crippen LogP contribution in [0.5, 0.6) is 5.75 Å². The lowest BCUT2D eigenvalue weighted by molar-refractivity contribution is -0.384. The summed E-state index contributed by atoms with van der Waals surface area (Å²) in [5.41, 5.74) is 1.29. The summed E-state index contributed by atoms with van der Waals surface area (Å²) >= 11 is 0. The number of ether oxygens (including phenoxy) is 1. The summed E-state index contributed by atoms with van der Waals surface area (Å²) in [6.07, 6.45) is 2.96. The van der Waals surface area contributed by atoms with E-state index in [4.69, 9.17) is 4.74 Å². The molecular weight excluding hydrogens is 308 g/mol. The maximum absolute atomic E-state index is 12.0. The Kier molecular flexibility index (Phi) is 5.68. The van der Waals surface area contributed by atoms with Gasteiger partial charge in [0.25, 0.3) is 5.69 Å². The zero-order valence-corrected chi connectivity index (χ0v) is 13.4. The van der Waals surface area contributed by atoms with E-state index in [-0.39, 0.29) is 17.7 Å². The van der Waals surface area contributed by atoms with Crippen LogP contribution in [0, 0.1) is 10.1 Å². The molecule has 0 saturated heterocycles. The number of benzene rings is 2. The molecule has 0 aromatic heterocycles. The van der Waals surface area contributed by atoms with E-state index in [1.54, 1.807) is 30.3 Å². The van der Waals surface area contributed by atoms with Crippen molar-refractivity contribution >= 4 is 23.4 Å². The number of hydrogen-bond donors (Lipinski definition) is 1. The first kappa shape index (κ1) is 17.2. The van der Waals surface area contributed by atoms with Crippen LogP contribution in [0.25, 0.3) is 6.08 Å². The van der Waals surface area contributed by atoms with Crippen LogP contribution in [-0.4, -0.2) is 16.9 Å². The van der Waals surface area contributed by atoms with Crippen molar-refractivity contribution in [2.24, 2.45) is 0 Å². The van der Waals surface area contributed by atoms with Gasteiger partial charge in [0.15, 0.2) is 0 Å². The van der Waals surface area contributed by atoms with Crippen molar-refractivity contribution in [2.45, 2.75) is 20.0 Å². The van der Waals surface area contributed by atoms with Gasteiger partial charge in [-0.15, -0.1) is 0 Å². The maximum atomic E-state index is 12.0. The summed E-state index contributed by atoms with van der Waals surface area (Å²) < 4.78 is 5.64. The fourth-order valence-electron chi connectivity index (χ4n) is 1.98. The van der Waals surface area contributed by atoms with Crippen LogP contribution in [0.2, 0.25) is 0 Å². The maximum Gasteiger partial charge on any atom is 0.269 e. The van der Waals surface area contributed by atoms with Crippen LogP contribution < -0.4 is 10.1 Å². The quantitative estimate of drug-likeness (QED) is 0.493. The van der Waals surface area contributed by atoms with Gasteiger partial charge in [0, 0.05) is 18.2 Å². The van der Waals surface area contributed by atoms with Gasteiger partial charge >= 0.3 is 0 Å². The molecule has 1 N–H and O–H groups in total. The van der Waals surface area contributed by atoms with Gasteiger partial charge in [-0.05, 0) is 49.8 Å². The van der Waals surface area contributed by atoms with Crippen molar-refractivity contribution < 1.29 is 14.5 Å².